The Labute approximate surface area is 84.6 Å². The van der Waals surface area contributed by atoms with Crippen molar-refractivity contribution in [1.29, 1.82) is 0 Å². The average Bonchev–Trinajstić information content (AvgIpc) is 2.67. The third-order valence-corrected chi connectivity index (χ3v) is 2.12. The fraction of sp³-hybridized carbons (Fsp3) is 0.0714. The maximum Gasteiger partial charge on any atom is 0.0165 e. The number of hydrogen-bond acceptors (Lipinski definition) is 0. The van der Waals surface area contributed by atoms with Crippen LogP contribution in [0.2, 0.25) is 0 Å². The number of hydrogen-bond donors (Lipinski definition) is 0. The lowest BCUT2D eigenvalue weighted by molar-refractivity contribution is 1.46. The molecule has 0 radical (unpaired) electrons. The minimum atomic E-state index is 1.13. The summed E-state index contributed by atoms with van der Waals surface area (Å²) in [6, 6.07) is 8.45. The number of aryl methyl sites for hydroxylation is 1. The van der Waals surface area contributed by atoms with Crippen molar-refractivity contribution in [3.63, 3.8) is 0 Å². The van der Waals surface area contributed by atoms with Gasteiger partial charge in [0.25, 0.3) is 0 Å². The number of benzene rings is 1. The Morgan fingerprint density at radius 1 is 1.21 bits per heavy atom. The van der Waals surface area contributed by atoms with E-state index >= 15 is 0 Å². The van der Waals surface area contributed by atoms with Gasteiger partial charge in [0, 0.05) is 5.57 Å². The Bertz CT molecular complexity index is 453. The van der Waals surface area contributed by atoms with Gasteiger partial charge in [0.05, 0.1) is 0 Å². The average molecular weight is 180 g/mol. The van der Waals surface area contributed by atoms with Crippen LogP contribution in [0.15, 0.2) is 59.9 Å². The smallest absolute Gasteiger partial charge is 0.0165 e. The van der Waals surface area contributed by atoms with E-state index in [9.17, 15) is 0 Å². The molecule has 0 bridgehead atoms. The second kappa shape index (κ2) is 3.95. The van der Waals surface area contributed by atoms with Gasteiger partial charge in [-0.2, -0.15) is 0 Å². The molecule has 2 rings (SSSR count). The second-order valence-electron chi connectivity index (χ2n) is 3.37. The van der Waals surface area contributed by atoms with Gasteiger partial charge in [0.2, 0.25) is 0 Å². The summed E-state index contributed by atoms with van der Waals surface area (Å²) in [5.74, 6) is 0. The third-order valence-electron chi connectivity index (χ3n) is 2.12. The molecule has 0 fully saturated rings. The summed E-state index contributed by atoms with van der Waals surface area (Å²) >= 11 is 0. The molecule has 1 aliphatic rings. The molecule has 0 spiro atoms. The van der Waals surface area contributed by atoms with Crippen LogP contribution in [-0.2, 0) is 0 Å². The molecule has 0 saturated carbocycles. The van der Waals surface area contributed by atoms with Crippen LogP contribution in [0, 0.1) is 6.92 Å². The lowest BCUT2D eigenvalue weighted by atomic mass is 10.1. The molecule has 68 valence electrons. The largest absolute Gasteiger partial charge is 0.113 e. The van der Waals surface area contributed by atoms with Gasteiger partial charge >= 0.3 is 0 Å². The Hall–Kier alpha value is -1.78. The topological polar surface area (TPSA) is 0 Å². The maximum absolute atomic E-state index is 3.14. The molecule has 0 aliphatic heterocycles. The van der Waals surface area contributed by atoms with E-state index < -0.39 is 0 Å². The zero-order chi connectivity index (χ0) is 9.80. The van der Waals surface area contributed by atoms with Crippen molar-refractivity contribution in [3.05, 3.63) is 71.0 Å². The van der Waals surface area contributed by atoms with Gasteiger partial charge in [-0.1, -0.05) is 42.0 Å². The highest BCUT2D eigenvalue weighted by Gasteiger charge is 1.89. The molecule has 0 saturated heterocycles. The monoisotopic (exact) mass is 180 g/mol. The van der Waals surface area contributed by atoms with Gasteiger partial charge < -0.3 is 0 Å². The first-order valence-electron chi connectivity index (χ1n) is 4.73. The van der Waals surface area contributed by atoms with E-state index in [1.54, 1.807) is 0 Å². The van der Waals surface area contributed by atoms with E-state index in [2.05, 4.69) is 49.1 Å². The van der Waals surface area contributed by atoms with Crippen LogP contribution in [0.5, 0.6) is 0 Å². The third kappa shape index (κ3) is 2.12. The lowest BCUT2D eigenvalue weighted by Gasteiger charge is -1.94. The summed E-state index contributed by atoms with van der Waals surface area (Å²) in [5, 5.41) is 0. The van der Waals surface area contributed by atoms with Crippen molar-refractivity contribution < 1.29 is 0 Å². The molecule has 0 unspecified atom stereocenters. The highest BCUT2D eigenvalue weighted by Crippen LogP contribution is 2.09. The first-order valence-corrected chi connectivity index (χ1v) is 4.73. The Kier molecular flexibility index (Phi) is 2.48. The number of rotatable bonds is 2. The summed E-state index contributed by atoms with van der Waals surface area (Å²) in [6.07, 6.45) is 10.2. The van der Waals surface area contributed by atoms with Gasteiger partial charge in [-0.25, -0.2) is 0 Å². The summed E-state index contributed by atoms with van der Waals surface area (Å²) in [6.45, 7) is 2.10. The van der Waals surface area contributed by atoms with Crippen molar-refractivity contribution in [2.75, 3.05) is 0 Å². The Morgan fingerprint density at radius 2 is 2.14 bits per heavy atom. The van der Waals surface area contributed by atoms with Crippen molar-refractivity contribution in [2.24, 2.45) is 0 Å². The van der Waals surface area contributed by atoms with Gasteiger partial charge in [0.15, 0.2) is 0 Å². The molecule has 14 heavy (non-hydrogen) atoms. The zero-order valence-electron chi connectivity index (χ0n) is 8.20. The fourth-order valence-corrected chi connectivity index (χ4v) is 1.41. The molecule has 0 heteroatoms. The van der Waals surface area contributed by atoms with Crippen molar-refractivity contribution in [3.8, 4) is 0 Å². The standard InChI is InChI=1S/C14H12/c1-12-5-4-8-14(11-12)10-9-13-6-2-3-7-13/h2-6,8-11H,1H3/b10-9+. The minimum Gasteiger partial charge on any atom is -0.113 e. The molecule has 1 aliphatic carbocycles. The molecular weight excluding hydrogens is 168 g/mol. The van der Waals surface area contributed by atoms with Gasteiger partial charge in [-0.15, -0.1) is 5.73 Å². The number of allylic oxidation sites excluding steroid dienone is 4. The summed E-state index contributed by atoms with van der Waals surface area (Å²) in [4.78, 5) is 0. The molecule has 1 aromatic rings. The van der Waals surface area contributed by atoms with Crippen LogP contribution in [0.3, 0.4) is 0 Å². The van der Waals surface area contributed by atoms with Gasteiger partial charge in [-0.05, 0) is 30.7 Å². The summed E-state index contributed by atoms with van der Waals surface area (Å²) in [5.41, 5.74) is 6.79. The van der Waals surface area contributed by atoms with Crippen LogP contribution >= 0.6 is 0 Å². The molecule has 0 amide bonds. The maximum atomic E-state index is 3.14. The second-order valence-corrected chi connectivity index (χ2v) is 3.37. The van der Waals surface area contributed by atoms with E-state index in [-0.39, 0.29) is 0 Å². The van der Waals surface area contributed by atoms with Crippen LogP contribution in [-0.4, -0.2) is 0 Å². The predicted molar refractivity (Wildman–Crippen MR) is 60.9 cm³/mol. The first kappa shape index (κ1) is 8.80. The zero-order valence-corrected chi connectivity index (χ0v) is 8.20. The summed E-state index contributed by atoms with van der Waals surface area (Å²) in [7, 11) is 0. The fourth-order valence-electron chi connectivity index (χ4n) is 1.41. The van der Waals surface area contributed by atoms with Gasteiger partial charge in [-0.3, -0.25) is 0 Å². The van der Waals surface area contributed by atoms with Gasteiger partial charge in [0.1, 0.15) is 0 Å². The quantitative estimate of drug-likeness (QED) is 0.609. The molecule has 1 aromatic carbocycles. The predicted octanol–water partition coefficient (Wildman–Crippen LogP) is 3.66. The van der Waals surface area contributed by atoms with E-state index in [0.29, 0.717) is 0 Å². The SMILES string of the molecule is Cc1cccc(/C=C/C2=C=CC=C2)c1. The van der Waals surface area contributed by atoms with E-state index in [1.165, 1.54) is 11.1 Å². The Balaban J connectivity index is 2.18. The van der Waals surface area contributed by atoms with E-state index in [4.69, 9.17) is 0 Å². The lowest BCUT2D eigenvalue weighted by Crippen LogP contribution is -1.74. The Morgan fingerprint density at radius 3 is 2.86 bits per heavy atom. The molecule has 0 N–H and O–H groups in total. The van der Waals surface area contributed by atoms with E-state index in [1.807, 2.05) is 18.2 Å². The highest BCUT2D eigenvalue weighted by molar-refractivity contribution is 5.56. The molecule has 0 heterocycles. The van der Waals surface area contributed by atoms with Crippen molar-refractivity contribution >= 4 is 6.08 Å². The molecule has 0 aromatic heterocycles. The van der Waals surface area contributed by atoms with Crippen LogP contribution in [0.4, 0.5) is 0 Å². The molecular formula is C14H12. The summed E-state index contributed by atoms with van der Waals surface area (Å²) < 4.78 is 0. The highest BCUT2D eigenvalue weighted by atomic mass is 13.9. The van der Waals surface area contributed by atoms with Crippen LogP contribution < -0.4 is 0 Å². The molecule has 0 atom stereocenters. The van der Waals surface area contributed by atoms with Crippen LogP contribution in [0.25, 0.3) is 6.08 Å². The van der Waals surface area contributed by atoms with Crippen LogP contribution in [0.1, 0.15) is 11.1 Å². The minimum absolute atomic E-state index is 1.13. The van der Waals surface area contributed by atoms with E-state index in [0.717, 1.165) is 5.57 Å². The van der Waals surface area contributed by atoms with Crippen molar-refractivity contribution in [2.45, 2.75) is 6.92 Å². The molecule has 0 nitrogen and oxygen atoms in total. The van der Waals surface area contributed by atoms with Crippen molar-refractivity contribution in [1.82, 2.24) is 0 Å². The first-order chi connectivity index (χ1) is 6.84. The normalized spacial score (nSPS) is 13.9.